The van der Waals surface area contributed by atoms with Crippen LogP contribution in [0.15, 0.2) is 59.1 Å². The van der Waals surface area contributed by atoms with Crippen molar-refractivity contribution in [1.82, 2.24) is 10.6 Å². The molecule has 0 saturated heterocycles. The number of carbonyl (C=O) groups excluding carboxylic acids is 2. The summed E-state index contributed by atoms with van der Waals surface area (Å²) in [5, 5.41) is 6.00. The monoisotopic (exact) mass is 400 g/mol. The van der Waals surface area contributed by atoms with Crippen LogP contribution >= 0.6 is 15.9 Å². The Balaban J connectivity index is 1.41. The molecule has 0 radical (unpaired) electrons. The predicted molar refractivity (Wildman–Crippen MR) is 101 cm³/mol. The van der Waals surface area contributed by atoms with Gasteiger partial charge in [-0.25, -0.2) is 0 Å². The molecule has 0 spiro atoms. The number of carbonyl (C=O) groups is 2. The van der Waals surface area contributed by atoms with Crippen LogP contribution in [0.2, 0.25) is 0 Å². The van der Waals surface area contributed by atoms with Gasteiger partial charge in [0.1, 0.15) is 0 Å². The van der Waals surface area contributed by atoms with Crippen molar-refractivity contribution < 1.29 is 9.59 Å². The van der Waals surface area contributed by atoms with Gasteiger partial charge in [0, 0.05) is 23.0 Å². The van der Waals surface area contributed by atoms with Gasteiger partial charge < -0.3 is 10.6 Å². The van der Waals surface area contributed by atoms with Crippen LogP contribution < -0.4 is 10.6 Å². The molecule has 0 aromatic heterocycles. The number of benzene rings is 2. The van der Waals surface area contributed by atoms with Gasteiger partial charge in [0.2, 0.25) is 5.91 Å². The molecule has 2 amide bonds. The van der Waals surface area contributed by atoms with Crippen molar-refractivity contribution >= 4 is 27.7 Å². The maximum atomic E-state index is 12.2. The Morgan fingerprint density at radius 1 is 1.00 bits per heavy atom. The van der Waals surface area contributed by atoms with Crippen LogP contribution in [0.5, 0.6) is 0 Å². The highest BCUT2D eigenvalue weighted by Crippen LogP contribution is 2.45. The molecule has 0 unspecified atom stereocenters. The van der Waals surface area contributed by atoms with E-state index in [-0.39, 0.29) is 17.4 Å². The van der Waals surface area contributed by atoms with E-state index in [0.29, 0.717) is 24.9 Å². The number of amides is 2. The normalized spacial score (nSPS) is 14.6. The lowest BCUT2D eigenvalue weighted by Gasteiger charge is -2.18. The Morgan fingerprint density at radius 2 is 1.68 bits per heavy atom. The Morgan fingerprint density at radius 3 is 2.32 bits per heavy atom. The average Bonchev–Trinajstić information content (AvgIpc) is 3.40. The van der Waals surface area contributed by atoms with Crippen LogP contribution in [0.4, 0.5) is 0 Å². The van der Waals surface area contributed by atoms with E-state index in [1.807, 2.05) is 30.3 Å². The molecule has 0 atom stereocenters. The molecule has 25 heavy (non-hydrogen) atoms. The quantitative estimate of drug-likeness (QED) is 0.694. The SMILES string of the molecule is O=C(CCCNC(=O)c1ccccc1)NC1(c2ccc(Br)cc2)CC1. The zero-order valence-corrected chi connectivity index (χ0v) is 15.5. The minimum atomic E-state index is -0.189. The predicted octanol–water partition coefficient (Wildman–Crippen LogP) is 3.76. The molecule has 0 aliphatic heterocycles. The first kappa shape index (κ1) is 17.7. The minimum Gasteiger partial charge on any atom is -0.352 e. The van der Waals surface area contributed by atoms with Crippen molar-refractivity contribution in [2.45, 2.75) is 31.2 Å². The van der Waals surface area contributed by atoms with Crippen LogP contribution in [-0.2, 0) is 10.3 Å². The van der Waals surface area contributed by atoms with Gasteiger partial charge in [-0.15, -0.1) is 0 Å². The maximum Gasteiger partial charge on any atom is 0.251 e. The molecule has 2 aromatic carbocycles. The molecule has 2 N–H and O–H groups in total. The van der Waals surface area contributed by atoms with E-state index in [9.17, 15) is 9.59 Å². The summed E-state index contributed by atoms with van der Waals surface area (Å²) in [6, 6.07) is 17.2. The number of rotatable bonds is 7. The molecule has 1 fully saturated rings. The van der Waals surface area contributed by atoms with E-state index in [1.54, 1.807) is 12.1 Å². The van der Waals surface area contributed by atoms with E-state index in [2.05, 4.69) is 38.7 Å². The summed E-state index contributed by atoms with van der Waals surface area (Å²) in [6.07, 6.45) is 2.99. The van der Waals surface area contributed by atoms with Gasteiger partial charge in [0.15, 0.2) is 0 Å². The van der Waals surface area contributed by atoms with Crippen molar-refractivity contribution in [2.24, 2.45) is 0 Å². The third-order valence-corrected chi connectivity index (χ3v) is 4.96. The Labute approximate surface area is 156 Å². The van der Waals surface area contributed by atoms with E-state index in [4.69, 9.17) is 0 Å². The summed E-state index contributed by atoms with van der Waals surface area (Å²) in [5.41, 5.74) is 1.60. The molecule has 0 heterocycles. The lowest BCUT2D eigenvalue weighted by atomic mass is 10.0. The molecule has 1 saturated carbocycles. The highest BCUT2D eigenvalue weighted by molar-refractivity contribution is 9.10. The van der Waals surface area contributed by atoms with Crippen molar-refractivity contribution in [3.05, 3.63) is 70.2 Å². The molecule has 0 bridgehead atoms. The van der Waals surface area contributed by atoms with E-state index in [0.717, 1.165) is 22.9 Å². The highest BCUT2D eigenvalue weighted by Gasteiger charge is 2.45. The summed E-state index contributed by atoms with van der Waals surface area (Å²) < 4.78 is 1.03. The molecule has 1 aliphatic rings. The topological polar surface area (TPSA) is 58.2 Å². The second-order valence-electron chi connectivity index (χ2n) is 6.36. The third-order valence-electron chi connectivity index (χ3n) is 4.43. The molecule has 1 aliphatic carbocycles. The van der Waals surface area contributed by atoms with E-state index < -0.39 is 0 Å². The van der Waals surface area contributed by atoms with Crippen molar-refractivity contribution in [2.75, 3.05) is 6.54 Å². The smallest absolute Gasteiger partial charge is 0.251 e. The van der Waals surface area contributed by atoms with Crippen LogP contribution in [0.3, 0.4) is 0 Å². The van der Waals surface area contributed by atoms with Crippen LogP contribution in [-0.4, -0.2) is 18.4 Å². The first-order valence-corrected chi connectivity index (χ1v) is 9.29. The minimum absolute atomic E-state index is 0.0365. The largest absolute Gasteiger partial charge is 0.352 e. The van der Waals surface area contributed by atoms with Crippen molar-refractivity contribution in [3.63, 3.8) is 0 Å². The average molecular weight is 401 g/mol. The summed E-state index contributed by atoms with van der Waals surface area (Å²) in [4.78, 5) is 24.1. The van der Waals surface area contributed by atoms with Crippen LogP contribution in [0, 0.1) is 0 Å². The lowest BCUT2D eigenvalue weighted by molar-refractivity contribution is -0.122. The highest BCUT2D eigenvalue weighted by atomic mass is 79.9. The zero-order valence-electron chi connectivity index (χ0n) is 13.9. The van der Waals surface area contributed by atoms with Gasteiger partial charge in [-0.3, -0.25) is 9.59 Å². The van der Waals surface area contributed by atoms with Gasteiger partial charge in [-0.2, -0.15) is 0 Å². The van der Waals surface area contributed by atoms with E-state index >= 15 is 0 Å². The molecule has 4 nitrogen and oxygen atoms in total. The fourth-order valence-electron chi connectivity index (χ4n) is 2.85. The number of hydrogen-bond acceptors (Lipinski definition) is 2. The van der Waals surface area contributed by atoms with Crippen LogP contribution in [0.1, 0.15) is 41.6 Å². The maximum absolute atomic E-state index is 12.2. The Bertz CT molecular complexity index is 740. The summed E-state index contributed by atoms with van der Waals surface area (Å²) in [6.45, 7) is 0.492. The third kappa shape index (κ3) is 4.69. The van der Waals surface area contributed by atoms with Gasteiger partial charge in [-0.1, -0.05) is 46.3 Å². The second-order valence-corrected chi connectivity index (χ2v) is 7.28. The molecule has 2 aromatic rings. The Hall–Kier alpha value is -2.14. The molecule has 5 heteroatoms. The number of nitrogens with one attached hydrogen (secondary N) is 2. The Kier molecular flexibility index (Phi) is 5.53. The van der Waals surface area contributed by atoms with Crippen molar-refractivity contribution in [1.29, 1.82) is 0 Å². The first-order valence-electron chi connectivity index (χ1n) is 8.49. The zero-order chi connectivity index (χ0) is 17.7. The summed E-state index contributed by atoms with van der Waals surface area (Å²) in [7, 11) is 0. The van der Waals surface area contributed by atoms with Crippen LogP contribution in [0.25, 0.3) is 0 Å². The summed E-state index contributed by atoms with van der Waals surface area (Å²) >= 11 is 3.43. The molecule has 130 valence electrons. The molecular weight excluding hydrogens is 380 g/mol. The fourth-order valence-corrected chi connectivity index (χ4v) is 3.12. The van der Waals surface area contributed by atoms with Gasteiger partial charge in [0.05, 0.1) is 5.54 Å². The number of halogens is 1. The van der Waals surface area contributed by atoms with Gasteiger partial charge in [-0.05, 0) is 49.1 Å². The first-order chi connectivity index (χ1) is 12.1. The molecular formula is C20H21BrN2O2. The van der Waals surface area contributed by atoms with Gasteiger partial charge >= 0.3 is 0 Å². The lowest BCUT2D eigenvalue weighted by Crippen LogP contribution is -2.35. The summed E-state index contributed by atoms with van der Waals surface area (Å²) in [5.74, 6) is -0.0658. The fraction of sp³-hybridized carbons (Fsp3) is 0.300. The standard InChI is InChI=1S/C20H21BrN2O2/c21-17-10-8-16(9-11-17)20(12-13-20)23-18(24)7-4-14-22-19(25)15-5-2-1-3-6-15/h1-3,5-6,8-11H,4,7,12-14H2,(H,22,25)(H,23,24). The second kappa shape index (κ2) is 7.83. The van der Waals surface area contributed by atoms with Crippen molar-refractivity contribution in [3.8, 4) is 0 Å². The van der Waals surface area contributed by atoms with E-state index in [1.165, 1.54) is 0 Å². The molecule has 3 rings (SSSR count). The van der Waals surface area contributed by atoms with Gasteiger partial charge in [0.25, 0.3) is 5.91 Å². The number of hydrogen-bond donors (Lipinski definition) is 2.